The zero-order valence-electron chi connectivity index (χ0n) is 15.9. The lowest BCUT2D eigenvalue weighted by Gasteiger charge is -2.08. The molecule has 24 heavy (non-hydrogen) atoms. The van der Waals surface area contributed by atoms with Crippen molar-refractivity contribution in [2.24, 2.45) is 0 Å². The lowest BCUT2D eigenvalue weighted by molar-refractivity contribution is 0.301. The molecular formula is C18H39O4PS. The molecule has 4 nitrogen and oxygen atoms in total. The summed E-state index contributed by atoms with van der Waals surface area (Å²) in [6, 6.07) is 0. The molecule has 0 saturated carbocycles. The number of unbranched alkanes of at least 4 members (excludes halogenated alkanes) is 13. The molecule has 0 bridgehead atoms. The van der Waals surface area contributed by atoms with E-state index in [9.17, 15) is 13.0 Å². The number of hydrogen-bond acceptors (Lipinski definition) is 4. The van der Waals surface area contributed by atoms with E-state index in [0.717, 1.165) is 12.6 Å². The minimum Gasteiger partial charge on any atom is -0.725 e. The Bertz CT molecular complexity index is 360. The van der Waals surface area contributed by atoms with Gasteiger partial charge in [-0.05, 0) is 12.8 Å². The predicted octanol–water partition coefficient (Wildman–Crippen LogP) is 5.75. The Labute approximate surface area is 151 Å². The summed E-state index contributed by atoms with van der Waals surface area (Å²) in [5, 5.41) is 0. The molecule has 0 heterocycles. The van der Waals surface area contributed by atoms with Gasteiger partial charge in [-0.1, -0.05) is 84.0 Å². The van der Waals surface area contributed by atoms with Gasteiger partial charge in [0.15, 0.2) is 6.35 Å². The van der Waals surface area contributed by atoms with Crippen LogP contribution in [0.4, 0.5) is 0 Å². The molecule has 1 atom stereocenters. The molecule has 0 aliphatic rings. The van der Waals surface area contributed by atoms with Crippen molar-refractivity contribution in [3.63, 3.8) is 0 Å². The lowest BCUT2D eigenvalue weighted by atomic mass is 10.0. The second-order valence-electron chi connectivity index (χ2n) is 6.97. The standard InChI is InChI=1S/C18H39O4PS/c1-3-4-5-6-7-8-9-10-11-12-13-14-15-16-17-23(2)18-22-24(19,20)21/h3-18H2,1-2H3,(H,19,20,21). The first-order valence-corrected chi connectivity index (χ1v) is 13.6. The van der Waals surface area contributed by atoms with Crippen molar-refractivity contribution >= 4 is 18.3 Å². The van der Waals surface area contributed by atoms with E-state index in [4.69, 9.17) is 0 Å². The van der Waals surface area contributed by atoms with Crippen LogP contribution in [-0.4, -0.2) is 32.1 Å². The SMILES string of the molecule is CCCCCCCCCCCCCCCC[PH+](C)COS(=O)(=O)[O-]. The van der Waals surface area contributed by atoms with E-state index in [-0.39, 0.29) is 6.35 Å². The Hall–Kier alpha value is 0.300. The van der Waals surface area contributed by atoms with Gasteiger partial charge in [-0.2, -0.15) is 0 Å². The van der Waals surface area contributed by atoms with E-state index in [1.54, 1.807) is 0 Å². The summed E-state index contributed by atoms with van der Waals surface area (Å²) in [4.78, 5) is 0. The molecule has 0 N–H and O–H groups in total. The third-order valence-electron chi connectivity index (χ3n) is 4.41. The molecule has 0 amide bonds. The van der Waals surface area contributed by atoms with Crippen molar-refractivity contribution in [3.05, 3.63) is 0 Å². The molecule has 0 fully saturated rings. The molecular weight excluding hydrogens is 343 g/mol. The Morgan fingerprint density at radius 2 is 1.12 bits per heavy atom. The lowest BCUT2D eigenvalue weighted by Crippen LogP contribution is -2.05. The third kappa shape index (κ3) is 20.3. The van der Waals surface area contributed by atoms with Crippen LogP contribution in [0.25, 0.3) is 0 Å². The maximum absolute atomic E-state index is 10.4. The molecule has 0 spiro atoms. The second-order valence-corrected chi connectivity index (χ2v) is 10.7. The van der Waals surface area contributed by atoms with E-state index >= 15 is 0 Å². The van der Waals surface area contributed by atoms with Crippen molar-refractivity contribution in [2.45, 2.75) is 96.8 Å². The Morgan fingerprint density at radius 3 is 1.50 bits per heavy atom. The van der Waals surface area contributed by atoms with Gasteiger partial charge >= 0.3 is 0 Å². The summed E-state index contributed by atoms with van der Waals surface area (Å²) in [6.45, 7) is 4.29. The van der Waals surface area contributed by atoms with Gasteiger partial charge in [0.25, 0.3) is 0 Å². The summed E-state index contributed by atoms with van der Waals surface area (Å²) in [7, 11) is -5.34. The van der Waals surface area contributed by atoms with E-state index < -0.39 is 18.3 Å². The smallest absolute Gasteiger partial charge is 0.220 e. The first-order chi connectivity index (χ1) is 11.5. The van der Waals surface area contributed by atoms with E-state index in [2.05, 4.69) is 11.1 Å². The molecule has 0 rings (SSSR count). The summed E-state index contributed by atoms with van der Waals surface area (Å²) in [6.07, 6.45) is 19.9. The van der Waals surface area contributed by atoms with Gasteiger partial charge in [0, 0.05) is 14.6 Å². The fourth-order valence-electron chi connectivity index (χ4n) is 2.87. The topological polar surface area (TPSA) is 66.4 Å². The maximum Gasteiger partial charge on any atom is 0.220 e. The van der Waals surface area contributed by atoms with Gasteiger partial charge < -0.3 is 4.55 Å². The third-order valence-corrected chi connectivity index (χ3v) is 6.87. The van der Waals surface area contributed by atoms with Gasteiger partial charge in [0.1, 0.15) is 0 Å². The van der Waals surface area contributed by atoms with Crippen molar-refractivity contribution < 1.29 is 17.2 Å². The van der Waals surface area contributed by atoms with Gasteiger partial charge in [-0.25, -0.2) is 12.6 Å². The Balaban J connectivity index is 3.17. The van der Waals surface area contributed by atoms with Crippen LogP contribution in [0.5, 0.6) is 0 Å². The van der Waals surface area contributed by atoms with Crippen LogP contribution in [-0.2, 0) is 14.6 Å². The summed E-state index contributed by atoms with van der Waals surface area (Å²) in [5.74, 6) is 0. The Morgan fingerprint density at radius 1 is 0.750 bits per heavy atom. The van der Waals surface area contributed by atoms with Crippen LogP contribution in [0.3, 0.4) is 0 Å². The minimum absolute atomic E-state index is 0.120. The van der Waals surface area contributed by atoms with Gasteiger partial charge in [-0.3, -0.25) is 0 Å². The molecule has 0 aromatic rings. The van der Waals surface area contributed by atoms with E-state index in [0.29, 0.717) is 0 Å². The number of hydrogen-bond donors (Lipinski definition) is 0. The molecule has 1 unspecified atom stereocenters. The molecule has 0 aliphatic carbocycles. The zero-order valence-corrected chi connectivity index (χ0v) is 17.7. The molecule has 0 radical (unpaired) electrons. The van der Waals surface area contributed by atoms with Crippen LogP contribution in [0.2, 0.25) is 0 Å². The second kappa shape index (κ2) is 16.8. The summed E-state index contributed by atoms with van der Waals surface area (Å²) in [5.41, 5.74) is 0. The highest BCUT2D eigenvalue weighted by atomic mass is 32.3. The molecule has 6 heteroatoms. The molecule has 146 valence electrons. The molecule has 0 aliphatic heterocycles. The highest BCUT2D eigenvalue weighted by molar-refractivity contribution is 7.81. The first kappa shape index (κ1) is 24.3. The molecule has 0 aromatic heterocycles. The van der Waals surface area contributed by atoms with Crippen LogP contribution in [0, 0.1) is 0 Å². The largest absolute Gasteiger partial charge is 0.725 e. The van der Waals surface area contributed by atoms with Gasteiger partial charge in [0.2, 0.25) is 10.4 Å². The summed E-state index contributed by atoms with van der Waals surface area (Å²) < 4.78 is 35.4. The molecule has 0 saturated heterocycles. The fraction of sp³-hybridized carbons (Fsp3) is 1.00. The highest BCUT2D eigenvalue weighted by Crippen LogP contribution is 2.32. The van der Waals surface area contributed by atoms with Crippen LogP contribution < -0.4 is 0 Å². The minimum atomic E-state index is -4.50. The van der Waals surface area contributed by atoms with Gasteiger partial charge in [-0.15, -0.1) is 0 Å². The first-order valence-electron chi connectivity index (χ1n) is 9.87. The van der Waals surface area contributed by atoms with Gasteiger partial charge in [0.05, 0.1) is 6.16 Å². The predicted molar refractivity (Wildman–Crippen MR) is 105 cm³/mol. The van der Waals surface area contributed by atoms with Crippen LogP contribution in [0.15, 0.2) is 0 Å². The van der Waals surface area contributed by atoms with E-state index in [1.165, 1.54) is 83.5 Å². The van der Waals surface area contributed by atoms with E-state index in [1.807, 2.05) is 6.66 Å². The normalized spacial score (nSPS) is 13.3. The highest BCUT2D eigenvalue weighted by Gasteiger charge is 2.10. The van der Waals surface area contributed by atoms with Crippen molar-refractivity contribution in [1.82, 2.24) is 0 Å². The fourth-order valence-corrected chi connectivity index (χ4v) is 5.25. The monoisotopic (exact) mass is 382 g/mol. The average Bonchev–Trinajstić information content (AvgIpc) is 2.52. The van der Waals surface area contributed by atoms with Crippen LogP contribution in [0.1, 0.15) is 96.8 Å². The quantitative estimate of drug-likeness (QED) is 0.131. The van der Waals surface area contributed by atoms with Crippen LogP contribution >= 0.6 is 7.92 Å². The summed E-state index contributed by atoms with van der Waals surface area (Å²) >= 11 is 0. The maximum atomic E-state index is 10.4. The average molecular weight is 383 g/mol. The van der Waals surface area contributed by atoms with Crippen molar-refractivity contribution in [1.29, 1.82) is 0 Å². The Kier molecular flexibility index (Phi) is 17.0. The zero-order chi connectivity index (χ0) is 18.1. The molecule has 0 aromatic carbocycles. The van der Waals surface area contributed by atoms with Crippen molar-refractivity contribution in [2.75, 3.05) is 19.2 Å². The van der Waals surface area contributed by atoms with Crippen molar-refractivity contribution in [3.8, 4) is 0 Å². The number of rotatable bonds is 18.